The normalized spacial score (nSPS) is 20.9. The molecule has 1 aromatic heterocycles. The second kappa shape index (κ2) is 7.13. The first-order valence-electron chi connectivity index (χ1n) is 8.10. The number of hydrogen-bond donors (Lipinski definition) is 1. The summed E-state index contributed by atoms with van der Waals surface area (Å²) in [6.07, 6.45) is 4.10. The van der Waals surface area contributed by atoms with E-state index in [2.05, 4.69) is 14.9 Å². The minimum atomic E-state index is -0.256. The Hall–Kier alpha value is -2.21. The summed E-state index contributed by atoms with van der Waals surface area (Å²) in [5.41, 5.74) is 0.779. The lowest BCUT2D eigenvalue weighted by atomic mass is 9.75. The van der Waals surface area contributed by atoms with Crippen LogP contribution in [0.1, 0.15) is 18.4 Å². The number of nitrogens with zero attached hydrogens (tertiary/aromatic N) is 3. The number of anilines is 1. The summed E-state index contributed by atoms with van der Waals surface area (Å²) in [5.74, 6) is 1.09. The fraction of sp³-hybridized carbons (Fsp3) is 0.444. The molecule has 0 unspecified atom stereocenters. The van der Waals surface area contributed by atoms with Gasteiger partial charge in [0.2, 0.25) is 5.88 Å². The van der Waals surface area contributed by atoms with Crippen LogP contribution in [-0.2, 0) is 6.42 Å². The molecule has 0 spiro atoms. The molecule has 1 aliphatic heterocycles. The molecule has 6 heteroatoms. The van der Waals surface area contributed by atoms with Crippen LogP contribution in [0.2, 0.25) is 0 Å². The number of aliphatic hydroxyl groups is 1. The second-order valence-electron chi connectivity index (χ2n) is 6.41. The lowest BCUT2D eigenvalue weighted by molar-refractivity contribution is 0.105. The van der Waals surface area contributed by atoms with Crippen LogP contribution in [0.4, 0.5) is 10.2 Å². The lowest BCUT2D eigenvalue weighted by Crippen LogP contribution is -2.47. The first kappa shape index (κ1) is 16.6. The number of hydrogen-bond acceptors (Lipinski definition) is 5. The summed E-state index contributed by atoms with van der Waals surface area (Å²) >= 11 is 0. The molecule has 1 aromatic carbocycles. The molecule has 2 heterocycles. The maximum atomic E-state index is 13.1. The van der Waals surface area contributed by atoms with E-state index in [1.165, 1.54) is 18.5 Å². The largest absolute Gasteiger partial charge is 0.481 e. The number of ether oxygens (including phenoxy) is 1. The van der Waals surface area contributed by atoms with Crippen molar-refractivity contribution in [3.63, 3.8) is 0 Å². The van der Waals surface area contributed by atoms with Crippen molar-refractivity contribution in [1.29, 1.82) is 0 Å². The number of benzene rings is 1. The molecule has 0 amide bonds. The Balaban J connectivity index is 1.79. The van der Waals surface area contributed by atoms with Gasteiger partial charge in [0.15, 0.2) is 0 Å². The van der Waals surface area contributed by atoms with Crippen LogP contribution in [0, 0.1) is 11.2 Å². The van der Waals surface area contributed by atoms with Crippen molar-refractivity contribution in [3.05, 3.63) is 48.0 Å². The number of methoxy groups -OCH3 is 1. The van der Waals surface area contributed by atoms with Gasteiger partial charge in [0, 0.05) is 24.6 Å². The van der Waals surface area contributed by atoms with Gasteiger partial charge in [0.1, 0.15) is 18.0 Å². The predicted octanol–water partition coefficient (Wildman–Crippen LogP) is 2.45. The molecular formula is C18H22FN3O2. The third-order valence-electron chi connectivity index (χ3n) is 4.65. The van der Waals surface area contributed by atoms with E-state index in [0.29, 0.717) is 18.8 Å². The summed E-state index contributed by atoms with van der Waals surface area (Å²) in [7, 11) is 1.58. The Bertz CT molecular complexity index is 680. The highest BCUT2D eigenvalue weighted by Gasteiger charge is 2.35. The highest BCUT2D eigenvalue weighted by atomic mass is 19.1. The van der Waals surface area contributed by atoms with Gasteiger partial charge in [-0.15, -0.1) is 0 Å². The molecule has 0 aliphatic carbocycles. The van der Waals surface area contributed by atoms with Crippen molar-refractivity contribution >= 4 is 5.82 Å². The van der Waals surface area contributed by atoms with Crippen LogP contribution in [0.5, 0.6) is 5.88 Å². The molecule has 128 valence electrons. The van der Waals surface area contributed by atoms with E-state index in [0.717, 1.165) is 30.8 Å². The molecule has 0 radical (unpaired) electrons. The molecule has 5 nitrogen and oxygen atoms in total. The lowest BCUT2D eigenvalue weighted by Gasteiger charge is -2.42. The van der Waals surface area contributed by atoms with Gasteiger partial charge < -0.3 is 14.7 Å². The van der Waals surface area contributed by atoms with E-state index in [1.807, 2.05) is 6.07 Å². The summed E-state index contributed by atoms with van der Waals surface area (Å²) in [4.78, 5) is 10.5. The molecule has 0 saturated carbocycles. The molecule has 0 bridgehead atoms. The smallest absolute Gasteiger partial charge is 0.218 e. The summed E-state index contributed by atoms with van der Waals surface area (Å²) in [6.45, 7) is 1.66. The first-order chi connectivity index (χ1) is 11.6. The zero-order chi connectivity index (χ0) is 17.0. The number of piperidine rings is 1. The second-order valence-corrected chi connectivity index (χ2v) is 6.41. The predicted molar refractivity (Wildman–Crippen MR) is 89.7 cm³/mol. The van der Waals surface area contributed by atoms with Crippen LogP contribution in [0.25, 0.3) is 0 Å². The Labute approximate surface area is 141 Å². The van der Waals surface area contributed by atoms with Gasteiger partial charge in [0.25, 0.3) is 0 Å². The van der Waals surface area contributed by atoms with Gasteiger partial charge >= 0.3 is 0 Å². The van der Waals surface area contributed by atoms with Gasteiger partial charge in [-0.3, -0.25) is 0 Å². The molecule has 24 heavy (non-hydrogen) atoms. The third kappa shape index (κ3) is 3.64. The van der Waals surface area contributed by atoms with E-state index in [4.69, 9.17) is 4.74 Å². The van der Waals surface area contributed by atoms with Gasteiger partial charge in [-0.2, -0.15) is 0 Å². The zero-order valence-electron chi connectivity index (χ0n) is 13.8. The van der Waals surface area contributed by atoms with Crippen LogP contribution >= 0.6 is 0 Å². The number of aliphatic hydroxyl groups excluding tert-OH is 1. The Morgan fingerprint density at radius 2 is 2.08 bits per heavy atom. The van der Waals surface area contributed by atoms with Crippen molar-refractivity contribution in [3.8, 4) is 5.88 Å². The quantitative estimate of drug-likeness (QED) is 0.912. The molecule has 3 rings (SSSR count). The Kier molecular flexibility index (Phi) is 4.94. The minimum absolute atomic E-state index is 0.0864. The molecule has 1 N–H and O–H groups in total. The van der Waals surface area contributed by atoms with Crippen molar-refractivity contribution < 1.29 is 14.2 Å². The van der Waals surface area contributed by atoms with E-state index in [9.17, 15) is 9.50 Å². The highest BCUT2D eigenvalue weighted by Crippen LogP contribution is 2.35. The van der Waals surface area contributed by atoms with Gasteiger partial charge in [0.05, 0.1) is 13.7 Å². The summed E-state index contributed by atoms with van der Waals surface area (Å²) in [5, 5.41) is 10.1. The van der Waals surface area contributed by atoms with Crippen LogP contribution < -0.4 is 9.64 Å². The minimum Gasteiger partial charge on any atom is -0.481 e. The standard InChI is InChI=1S/C18H22FN3O2/c1-24-17-9-16(20-13-21-17)22-8-2-7-18(11-22,12-23)10-14-3-5-15(19)6-4-14/h3-6,9,13,23H,2,7-8,10-12H2,1H3/t18-/m1/s1. The van der Waals surface area contributed by atoms with E-state index in [1.54, 1.807) is 19.2 Å². The van der Waals surface area contributed by atoms with Crippen molar-refractivity contribution in [2.75, 3.05) is 31.7 Å². The Morgan fingerprint density at radius 1 is 1.29 bits per heavy atom. The average molecular weight is 331 g/mol. The van der Waals surface area contributed by atoms with Crippen LogP contribution in [-0.4, -0.2) is 41.9 Å². The summed E-state index contributed by atoms with van der Waals surface area (Å²) < 4.78 is 18.3. The maximum absolute atomic E-state index is 13.1. The fourth-order valence-electron chi connectivity index (χ4n) is 3.38. The van der Waals surface area contributed by atoms with Crippen LogP contribution in [0.15, 0.2) is 36.7 Å². The van der Waals surface area contributed by atoms with Gasteiger partial charge in [-0.05, 0) is 37.0 Å². The molecule has 1 atom stereocenters. The number of rotatable bonds is 5. The van der Waals surface area contributed by atoms with Crippen molar-refractivity contribution in [1.82, 2.24) is 9.97 Å². The molecule has 1 saturated heterocycles. The SMILES string of the molecule is COc1cc(N2CCC[C@@](CO)(Cc3ccc(F)cc3)C2)ncn1. The first-order valence-corrected chi connectivity index (χ1v) is 8.10. The fourth-order valence-corrected chi connectivity index (χ4v) is 3.38. The van der Waals surface area contributed by atoms with Gasteiger partial charge in [-0.1, -0.05) is 12.1 Å². The van der Waals surface area contributed by atoms with E-state index >= 15 is 0 Å². The van der Waals surface area contributed by atoms with Gasteiger partial charge in [-0.25, -0.2) is 14.4 Å². The third-order valence-corrected chi connectivity index (χ3v) is 4.65. The average Bonchev–Trinajstić information content (AvgIpc) is 2.64. The maximum Gasteiger partial charge on any atom is 0.218 e. The Morgan fingerprint density at radius 3 is 2.79 bits per heavy atom. The molecule has 1 fully saturated rings. The topological polar surface area (TPSA) is 58.5 Å². The van der Waals surface area contributed by atoms with Crippen LogP contribution in [0.3, 0.4) is 0 Å². The van der Waals surface area contributed by atoms with E-state index in [-0.39, 0.29) is 17.8 Å². The highest BCUT2D eigenvalue weighted by molar-refractivity contribution is 5.42. The van der Waals surface area contributed by atoms with Crippen molar-refractivity contribution in [2.24, 2.45) is 5.41 Å². The number of halogens is 1. The monoisotopic (exact) mass is 331 g/mol. The zero-order valence-corrected chi connectivity index (χ0v) is 13.8. The molecule has 2 aromatic rings. The molecular weight excluding hydrogens is 309 g/mol. The molecule has 1 aliphatic rings. The van der Waals surface area contributed by atoms with E-state index < -0.39 is 0 Å². The van der Waals surface area contributed by atoms with Crippen molar-refractivity contribution in [2.45, 2.75) is 19.3 Å². The summed E-state index contributed by atoms with van der Waals surface area (Å²) in [6, 6.07) is 8.33. The number of aromatic nitrogens is 2.